The van der Waals surface area contributed by atoms with Crippen molar-refractivity contribution in [3.63, 3.8) is 0 Å². The van der Waals surface area contributed by atoms with E-state index in [0.29, 0.717) is 12.1 Å². The van der Waals surface area contributed by atoms with E-state index in [9.17, 15) is 4.39 Å². The van der Waals surface area contributed by atoms with Crippen LogP contribution in [0.4, 0.5) is 4.39 Å². The van der Waals surface area contributed by atoms with E-state index in [1.54, 1.807) is 19.2 Å². The summed E-state index contributed by atoms with van der Waals surface area (Å²) in [5, 5.41) is 3.62. The predicted octanol–water partition coefficient (Wildman–Crippen LogP) is 3.36. The molecule has 0 spiro atoms. The number of rotatable bonds is 5. The molecule has 0 bridgehead atoms. The van der Waals surface area contributed by atoms with E-state index in [2.05, 4.69) is 31.0 Å². The van der Waals surface area contributed by atoms with E-state index in [4.69, 9.17) is 4.74 Å². The Balaban J connectivity index is 1.96. The molecule has 118 valence electrons. The highest BCUT2D eigenvalue weighted by molar-refractivity contribution is 5.36. The second-order valence-corrected chi connectivity index (χ2v) is 6.18. The van der Waals surface area contributed by atoms with Gasteiger partial charge in [0.1, 0.15) is 11.6 Å². The van der Waals surface area contributed by atoms with Gasteiger partial charge >= 0.3 is 0 Å². The van der Waals surface area contributed by atoms with Crippen LogP contribution in [0.15, 0.2) is 18.2 Å². The van der Waals surface area contributed by atoms with Crippen molar-refractivity contribution in [1.82, 2.24) is 10.2 Å². The van der Waals surface area contributed by atoms with Crippen molar-refractivity contribution in [3.8, 4) is 5.75 Å². The van der Waals surface area contributed by atoms with Gasteiger partial charge in [-0.3, -0.25) is 0 Å². The monoisotopic (exact) mass is 294 g/mol. The molecule has 3 nitrogen and oxygen atoms in total. The molecular formula is C17H27FN2O. The number of hydrogen-bond donors (Lipinski definition) is 1. The van der Waals surface area contributed by atoms with Crippen LogP contribution < -0.4 is 10.1 Å². The van der Waals surface area contributed by atoms with Crippen molar-refractivity contribution < 1.29 is 9.13 Å². The fourth-order valence-electron chi connectivity index (χ4n) is 3.07. The molecule has 1 aromatic carbocycles. The van der Waals surface area contributed by atoms with E-state index >= 15 is 0 Å². The highest BCUT2D eigenvalue weighted by Crippen LogP contribution is 2.27. The molecule has 0 saturated carbocycles. The zero-order valence-electron chi connectivity index (χ0n) is 13.5. The molecule has 0 aromatic heterocycles. The van der Waals surface area contributed by atoms with Crippen LogP contribution in [0.3, 0.4) is 0 Å². The lowest BCUT2D eigenvalue weighted by atomic mass is 10.00. The lowest BCUT2D eigenvalue weighted by Crippen LogP contribution is -2.45. The Labute approximate surface area is 127 Å². The molecule has 0 amide bonds. The molecule has 1 atom stereocenters. The van der Waals surface area contributed by atoms with Crippen molar-refractivity contribution in [2.45, 2.75) is 51.7 Å². The smallest absolute Gasteiger partial charge is 0.123 e. The van der Waals surface area contributed by atoms with Gasteiger partial charge in [-0.2, -0.15) is 0 Å². The van der Waals surface area contributed by atoms with Crippen LogP contribution in [0.5, 0.6) is 5.75 Å². The molecule has 1 unspecified atom stereocenters. The standard InChI is InChI=1S/C17H27FN2O/c1-12(2)20-9-7-15(8-10-20)19-13(3)16-11-14(18)5-6-17(16)21-4/h5-6,11-13,15,19H,7-10H2,1-4H3. The summed E-state index contributed by atoms with van der Waals surface area (Å²) >= 11 is 0. The maximum atomic E-state index is 13.5. The largest absolute Gasteiger partial charge is 0.496 e. The number of piperidine rings is 1. The van der Waals surface area contributed by atoms with Gasteiger partial charge in [0.05, 0.1) is 7.11 Å². The van der Waals surface area contributed by atoms with Crippen LogP contribution >= 0.6 is 0 Å². The van der Waals surface area contributed by atoms with E-state index in [-0.39, 0.29) is 11.9 Å². The lowest BCUT2D eigenvalue weighted by Gasteiger charge is -2.36. The van der Waals surface area contributed by atoms with E-state index in [1.807, 2.05) is 0 Å². The van der Waals surface area contributed by atoms with Gasteiger partial charge in [-0.15, -0.1) is 0 Å². The van der Waals surface area contributed by atoms with Gasteiger partial charge in [-0.25, -0.2) is 4.39 Å². The third-order valence-electron chi connectivity index (χ3n) is 4.40. The van der Waals surface area contributed by atoms with Crippen molar-refractivity contribution >= 4 is 0 Å². The summed E-state index contributed by atoms with van der Waals surface area (Å²) in [6, 6.07) is 5.90. The van der Waals surface area contributed by atoms with Gasteiger partial charge in [-0.05, 0) is 64.9 Å². The average molecular weight is 294 g/mol. The Morgan fingerprint density at radius 1 is 1.24 bits per heavy atom. The molecule has 4 heteroatoms. The van der Waals surface area contributed by atoms with Gasteiger partial charge < -0.3 is 15.0 Å². The van der Waals surface area contributed by atoms with Crippen LogP contribution in [-0.4, -0.2) is 37.2 Å². The maximum Gasteiger partial charge on any atom is 0.123 e. The molecular weight excluding hydrogens is 267 g/mol. The molecule has 1 N–H and O–H groups in total. The van der Waals surface area contributed by atoms with E-state index in [1.165, 1.54) is 6.07 Å². The highest BCUT2D eigenvalue weighted by atomic mass is 19.1. The zero-order valence-corrected chi connectivity index (χ0v) is 13.5. The molecule has 21 heavy (non-hydrogen) atoms. The Morgan fingerprint density at radius 2 is 1.90 bits per heavy atom. The number of nitrogens with zero attached hydrogens (tertiary/aromatic N) is 1. The number of methoxy groups -OCH3 is 1. The number of likely N-dealkylation sites (tertiary alicyclic amines) is 1. The summed E-state index contributed by atoms with van der Waals surface area (Å²) in [5.41, 5.74) is 0.892. The van der Waals surface area contributed by atoms with Gasteiger partial charge in [0.15, 0.2) is 0 Å². The predicted molar refractivity (Wildman–Crippen MR) is 84.2 cm³/mol. The fraction of sp³-hybridized carbons (Fsp3) is 0.647. The van der Waals surface area contributed by atoms with Crippen molar-refractivity contribution in [3.05, 3.63) is 29.6 Å². The molecule has 2 rings (SSSR count). The molecule has 1 fully saturated rings. The minimum absolute atomic E-state index is 0.0891. The topological polar surface area (TPSA) is 24.5 Å². The second kappa shape index (κ2) is 7.23. The zero-order chi connectivity index (χ0) is 15.4. The van der Waals surface area contributed by atoms with Crippen molar-refractivity contribution in [1.29, 1.82) is 0 Å². The van der Waals surface area contributed by atoms with Gasteiger partial charge in [0.2, 0.25) is 0 Å². The molecule has 1 aliphatic rings. The first-order valence-corrected chi connectivity index (χ1v) is 7.84. The molecule has 0 aliphatic carbocycles. The summed E-state index contributed by atoms with van der Waals surface area (Å²) in [6.07, 6.45) is 2.28. The molecule has 1 saturated heterocycles. The van der Waals surface area contributed by atoms with E-state index in [0.717, 1.165) is 37.2 Å². The molecule has 1 heterocycles. The number of ether oxygens (including phenoxy) is 1. The SMILES string of the molecule is COc1ccc(F)cc1C(C)NC1CCN(C(C)C)CC1. The normalized spacial score (nSPS) is 19.0. The van der Waals surface area contributed by atoms with Crippen LogP contribution in [-0.2, 0) is 0 Å². The highest BCUT2D eigenvalue weighted by Gasteiger charge is 2.23. The van der Waals surface area contributed by atoms with Crippen molar-refractivity contribution in [2.24, 2.45) is 0 Å². The summed E-state index contributed by atoms with van der Waals surface area (Å²) in [4.78, 5) is 2.51. The summed E-state index contributed by atoms with van der Waals surface area (Å²) in [7, 11) is 1.63. The lowest BCUT2D eigenvalue weighted by molar-refractivity contribution is 0.157. The second-order valence-electron chi connectivity index (χ2n) is 6.18. The number of halogens is 1. The summed E-state index contributed by atoms with van der Waals surface area (Å²) in [6.45, 7) is 8.82. The van der Waals surface area contributed by atoms with Crippen molar-refractivity contribution in [2.75, 3.05) is 20.2 Å². The van der Waals surface area contributed by atoms with Crippen LogP contribution in [0.25, 0.3) is 0 Å². The minimum atomic E-state index is -0.214. The Bertz CT molecular complexity index is 456. The van der Waals surface area contributed by atoms with Crippen LogP contribution in [0.2, 0.25) is 0 Å². The Morgan fingerprint density at radius 3 is 2.48 bits per heavy atom. The quantitative estimate of drug-likeness (QED) is 0.901. The first kappa shape index (κ1) is 16.2. The first-order chi connectivity index (χ1) is 10.0. The third kappa shape index (κ3) is 4.17. The Kier molecular flexibility index (Phi) is 5.59. The van der Waals surface area contributed by atoms with Gasteiger partial charge in [-0.1, -0.05) is 0 Å². The van der Waals surface area contributed by atoms with E-state index < -0.39 is 0 Å². The maximum absolute atomic E-state index is 13.5. The molecule has 1 aromatic rings. The number of hydrogen-bond acceptors (Lipinski definition) is 3. The van der Waals surface area contributed by atoms with Crippen LogP contribution in [0.1, 0.15) is 45.2 Å². The fourth-order valence-corrected chi connectivity index (χ4v) is 3.07. The van der Waals surface area contributed by atoms with Crippen LogP contribution in [0, 0.1) is 5.82 Å². The van der Waals surface area contributed by atoms with Gasteiger partial charge in [0, 0.05) is 23.7 Å². The number of benzene rings is 1. The summed E-state index contributed by atoms with van der Waals surface area (Å²) in [5.74, 6) is 0.532. The first-order valence-electron chi connectivity index (χ1n) is 7.84. The van der Waals surface area contributed by atoms with Gasteiger partial charge in [0.25, 0.3) is 0 Å². The molecule has 0 radical (unpaired) electrons. The average Bonchev–Trinajstić information content (AvgIpc) is 2.47. The minimum Gasteiger partial charge on any atom is -0.496 e. The third-order valence-corrected chi connectivity index (χ3v) is 4.40. The Hall–Kier alpha value is -1.13. The molecule has 1 aliphatic heterocycles. The summed E-state index contributed by atoms with van der Waals surface area (Å²) < 4.78 is 18.8. The number of nitrogens with one attached hydrogen (secondary N) is 1.